The zero-order valence-electron chi connectivity index (χ0n) is 12.5. The van der Waals surface area contributed by atoms with E-state index in [0.29, 0.717) is 20.8 Å². The highest BCUT2D eigenvalue weighted by Crippen LogP contribution is 2.32. The minimum Gasteiger partial charge on any atom is -0.350 e. The molecule has 1 aromatic heterocycles. The maximum absolute atomic E-state index is 12.3. The summed E-state index contributed by atoms with van der Waals surface area (Å²) < 4.78 is 0.999. The third-order valence-electron chi connectivity index (χ3n) is 4.46. The summed E-state index contributed by atoms with van der Waals surface area (Å²) in [6.07, 6.45) is 7.26. The Morgan fingerprint density at radius 2 is 1.90 bits per heavy atom. The Morgan fingerprint density at radius 3 is 2.38 bits per heavy atom. The highest BCUT2D eigenvalue weighted by molar-refractivity contribution is 7.20. The van der Waals surface area contributed by atoms with E-state index in [9.17, 15) is 4.79 Å². The summed E-state index contributed by atoms with van der Waals surface area (Å²) in [5.74, 6) is -0.131. The van der Waals surface area contributed by atoms with E-state index in [1.54, 1.807) is 6.07 Å². The Morgan fingerprint density at radius 1 is 1.29 bits per heavy atom. The number of likely N-dealkylation sites (N-methyl/N-ethyl adjacent to an activating group) is 1. The monoisotopic (exact) mass is 348 g/mol. The normalized spacial score (nSPS) is 18.5. The molecule has 0 bridgehead atoms. The van der Waals surface area contributed by atoms with Crippen LogP contribution < -0.4 is 5.32 Å². The van der Waals surface area contributed by atoms with Crippen molar-refractivity contribution >= 4 is 40.4 Å². The fraction of sp³-hybridized carbons (Fsp3) is 0.667. The Bertz CT molecular complexity index is 494. The van der Waals surface area contributed by atoms with E-state index >= 15 is 0 Å². The molecule has 0 saturated heterocycles. The van der Waals surface area contributed by atoms with Gasteiger partial charge in [-0.15, -0.1) is 11.3 Å². The van der Waals surface area contributed by atoms with Crippen LogP contribution in [0, 0.1) is 0 Å². The number of nitrogens with one attached hydrogen (secondary N) is 1. The molecule has 1 aromatic rings. The molecular weight excluding hydrogens is 327 g/mol. The van der Waals surface area contributed by atoms with E-state index in [1.165, 1.54) is 37.0 Å². The van der Waals surface area contributed by atoms with Gasteiger partial charge in [-0.05, 0) is 33.0 Å². The molecule has 6 heteroatoms. The lowest BCUT2D eigenvalue weighted by Crippen LogP contribution is -2.52. The predicted octanol–water partition coefficient (Wildman–Crippen LogP) is 4.44. The summed E-state index contributed by atoms with van der Waals surface area (Å²) in [7, 11) is 4.21. The number of carbonyl (C=O) groups is 1. The molecule has 1 amide bonds. The second-order valence-corrected chi connectivity index (χ2v) is 8.24. The summed E-state index contributed by atoms with van der Waals surface area (Å²) in [6.45, 7) is 0.655. The topological polar surface area (TPSA) is 32.3 Å². The van der Waals surface area contributed by atoms with Crippen molar-refractivity contribution < 1.29 is 4.79 Å². The molecule has 2 rings (SSSR count). The Labute approximate surface area is 140 Å². The summed E-state index contributed by atoms with van der Waals surface area (Å²) >= 11 is 13.2. The highest BCUT2D eigenvalue weighted by Gasteiger charge is 2.33. The summed E-state index contributed by atoms with van der Waals surface area (Å²) in [4.78, 5) is 14.6. The van der Waals surface area contributed by atoms with Gasteiger partial charge in [-0.25, -0.2) is 0 Å². The molecule has 0 atom stereocenters. The minimum absolute atomic E-state index is 0.0540. The van der Waals surface area contributed by atoms with Gasteiger partial charge in [-0.3, -0.25) is 4.79 Å². The molecule has 1 saturated carbocycles. The fourth-order valence-electron chi connectivity index (χ4n) is 3.00. The molecule has 0 spiro atoms. The lowest BCUT2D eigenvalue weighted by molar-refractivity contribution is 0.0869. The second-order valence-electron chi connectivity index (χ2n) is 5.95. The van der Waals surface area contributed by atoms with Crippen LogP contribution in [0.15, 0.2) is 6.07 Å². The van der Waals surface area contributed by atoms with Crippen molar-refractivity contribution in [1.29, 1.82) is 0 Å². The van der Waals surface area contributed by atoms with Crippen LogP contribution in [-0.2, 0) is 0 Å². The van der Waals surface area contributed by atoms with Gasteiger partial charge in [0.1, 0.15) is 4.34 Å². The fourth-order valence-corrected chi connectivity index (χ4v) is 4.46. The number of halogens is 2. The highest BCUT2D eigenvalue weighted by atomic mass is 35.5. The van der Waals surface area contributed by atoms with Crippen LogP contribution in [0.4, 0.5) is 0 Å². The Hall–Kier alpha value is -0.290. The van der Waals surface area contributed by atoms with Gasteiger partial charge in [-0.1, -0.05) is 48.9 Å². The lowest BCUT2D eigenvalue weighted by Gasteiger charge is -2.39. The number of hydrogen-bond acceptors (Lipinski definition) is 3. The van der Waals surface area contributed by atoms with E-state index in [0.717, 1.165) is 12.8 Å². The molecular formula is C15H22Cl2N2OS. The number of amides is 1. The summed E-state index contributed by atoms with van der Waals surface area (Å²) in [6, 6.07) is 1.64. The SMILES string of the molecule is CN(C)C1(CNC(=O)c2cc(Cl)sc2Cl)CCCCCC1. The first kappa shape index (κ1) is 17.1. The third-order valence-corrected chi connectivity index (χ3v) is 5.95. The summed E-state index contributed by atoms with van der Waals surface area (Å²) in [5, 5.41) is 3.06. The van der Waals surface area contributed by atoms with Crippen LogP contribution in [0.1, 0.15) is 48.9 Å². The largest absolute Gasteiger partial charge is 0.350 e. The molecule has 1 aliphatic carbocycles. The first-order valence-electron chi connectivity index (χ1n) is 7.35. The molecule has 3 nitrogen and oxygen atoms in total. The van der Waals surface area contributed by atoms with Gasteiger partial charge in [0, 0.05) is 12.1 Å². The molecule has 0 aliphatic heterocycles. The van der Waals surface area contributed by atoms with Crippen molar-refractivity contribution in [3.05, 3.63) is 20.3 Å². The van der Waals surface area contributed by atoms with Crippen molar-refractivity contribution in [3.63, 3.8) is 0 Å². The molecule has 118 valence electrons. The molecule has 0 aromatic carbocycles. The molecule has 0 radical (unpaired) electrons. The smallest absolute Gasteiger partial charge is 0.253 e. The Balaban J connectivity index is 2.04. The van der Waals surface area contributed by atoms with Gasteiger partial charge in [0.25, 0.3) is 5.91 Å². The first-order chi connectivity index (χ1) is 9.94. The van der Waals surface area contributed by atoms with Gasteiger partial charge in [0.15, 0.2) is 0 Å². The van der Waals surface area contributed by atoms with E-state index in [4.69, 9.17) is 23.2 Å². The van der Waals surface area contributed by atoms with Crippen molar-refractivity contribution in [2.45, 2.75) is 44.1 Å². The average molecular weight is 349 g/mol. The van der Waals surface area contributed by atoms with Gasteiger partial charge in [0.2, 0.25) is 0 Å². The number of rotatable bonds is 4. The number of carbonyl (C=O) groups excluding carboxylic acids is 1. The quantitative estimate of drug-likeness (QED) is 0.815. The number of thiophene rings is 1. The van der Waals surface area contributed by atoms with Crippen LogP contribution >= 0.6 is 34.5 Å². The first-order valence-corrected chi connectivity index (χ1v) is 8.92. The lowest BCUT2D eigenvalue weighted by atomic mass is 9.88. The van der Waals surface area contributed by atoms with E-state index in [-0.39, 0.29) is 11.4 Å². The van der Waals surface area contributed by atoms with Crippen LogP contribution in [-0.4, -0.2) is 37.0 Å². The zero-order valence-corrected chi connectivity index (χ0v) is 14.9. The molecule has 1 fully saturated rings. The van der Waals surface area contributed by atoms with Crippen LogP contribution in [0.25, 0.3) is 0 Å². The van der Waals surface area contributed by atoms with Crippen LogP contribution in [0.2, 0.25) is 8.67 Å². The zero-order chi connectivity index (χ0) is 15.5. The molecule has 21 heavy (non-hydrogen) atoms. The Kier molecular flexibility index (Phi) is 5.95. The second kappa shape index (κ2) is 7.32. The van der Waals surface area contributed by atoms with Crippen LogP contribution in [0.5, 0.6) is 0 Å². The number of nitrogens with zero attached hydrogens (tertiary/aromatic N) is 1. The molecule has 1 N–H and O–H groups in total. The summed E-state index contributed by atoms with van der Waals surface area (Å²) in [5.41, 5.74) is 0.535. The maximum atomic E-state index is 12.3. The third kappa shape index (κ3) is 4.13. The molecule has 1 heterocycles. The van der Waals surface area contributed by atoms with Crippen molar-refractivity contribution in [1.82, 2.24) is 10.2 Å². The average Bonchev–Trinajstić information content (AvgIpc) is 2.65. The standard InChI is InChI=1S/C15H22Cl2N2OS/c1-19(2)15(7-5-3-4-6-8-15)10-18-14(20)11-9-12(16)21-13(11)17/h9H,3-8,10H2,1-2H3,(H,18,20). The van der Waals surface area contributed by atoms with Crippen molar-refractivity contribution in [3.8, 4) is 0 Å². The van der Waals surface area contributed by atoms with Crippen LogP contribution in [0.3, 0.4) is 0 Å². The van der Waals surface area contributed by atoms with E-state index in [2.05, 4.69) is 24.3 Å². The molecule has 1 aliphatic rings. The van der Waals surface area contributed by atoms with Crippen molar-refractivity contribution in [2.24, 2.45) is 0 Å². The molecule has 0 unspecified atom stereocenters. The van der Waals surface area contributed by atoms with Crippen molar-refractivity contribution in [2.75, 3.05) is 20.6 Å². The van der Waals surface area contributed by atoms with Gasteiger partial charge in [-0.2, -0.15) is 0 Å². The van der Waals surface area contributed by atoms with E-state index in [1.807, 2.05) is 0 Å². The number of hydrogen-bond donors (Lipinski definition) is 1. The van der Waals surface area contributed by atoms with E-state index < -0.39 is 0 Å². The van der Waals surface area contributed by atoms with Gasteiger partial charge >= 0.3 is 0 Å². The minimum atomic E-state index is -0.131. The predicted molar refractivity (Wildman–Crippen MR) is 90.8 cm³/mol. The maximum Gasteiger partial charge on any atom is 0.253 e. The van der Waals surface area contributed by atoms with Gasteiger partial charge in [0.05, 0.1) is 9.90 Å². The van der Waals surface area contributed by atoms with Gasteiger partial charge < -0.3 is 10.2 Å².